The zero-order valence-electron chi connectivity index (χ0n) is 7.99. The Morgan fingerprint density at radius 1 is 1.67 bits per heavy atom. The van der Waals surface area contributed by atoms with Crippen LogP contribution in [0.25, 0.3) is 0 Å². The van der Waals surface area contributed by atoms with Crippen molar-refractivity contribution in [3.63, 3.8) is 0 Å². The molecular weight excluding hydrogens is 276 g/mol. The van der Waals surface area contributed by atoms with Crippen molar-refractivity contribution in [1.29, 1.82) is 5.26 Å². The number of thiol groups is 1. The quantitative estimate of drug-likeness (QED) is 0.821. The first-order chi connectivity index (χ1) is 7.04. The van der Waals surface area contributed by atoms with Crippen LogP contribution in [0.4, 0.5) is 5.69 Å². The molecule has 0 aliphatic heterocycles. The van der Waals surface area contributed by atoms with E-state index >= 15 is 0 Å². The van der Waals surface area contributed by atoms with E-state index < -0.39 is 5.25 Å². The highest BCUT2D eigenvalue weighted by atomic mass is 79.9. The van der Waals surface area contributed by atoms with Crippen molar-refractivity contribution >= 4 is 40.2 Å². The topological polar surface area (TPSA) is 52.9 Å². The number of hydrogen-bond acceptors (Lipinski definition) is 3. The van der Waals surface area contributed by atoms with Gasteiger partial charge in [-0.1, -0.05) is 15.9 Å². The van der Waals surface area contributed by atoms with Crippen molar-refractivity contribution in [3.8, 4) is 6.07 Å². The summed E-state index contributed by atoms with van der Waals surface area (Å²) in [4.78, 5) is 11.4. The second-order valence-corrected chi connectivity index (χ2v) is 4.66. The molecule has 0 spiro atoms. The molecule has 0 aliphatic rings. The molecule has 15 heavy (non-hydrogen) atoms. The maximum absolute atomic E-state index is 11.4. The van der Waals surface area contributed by atoms with Crippen LogP contribution in [0.3, 0.4) is 0 Å². The molecule has 0 heterocycles. The first kappa shape index (κ1) is 12.1. The first-order valence-electron chi connectivity index (χ1n) is 4.23. The molecule has 1 amide bonds. The number of nitriles is 1. The van der Waals surface area contributed by atoms with Crippen LogP contribution in [-0.2, 0) is 4.79 Å². The number of benzene rings is 1. The molecule has 1 unspecified atom stereocenters. The van der Waals surface area contributed by atoms with Crippen LogP contribution in [0.2, 0.25) is 0 Å². The third-order valence-corrected chi connectivity index (χ3v) is 2.47. The summed E-state index contributed by atoms with van der Waals surface area (Å²) in [6, 6.07) is 7.08. The van der Waals surface area contributed by atoms with Crippen LogP contribution >= 0.6 is 28.6 Å². The molecule has 0 saturated heterocycles. The fraction of sp³-hybridized carbons (Fsp3) is 0.200. The van der Waals surface area contributed by atoms with Crippen molar-refractivity contribution in [3.05, 3.63) is 28.2 Å². The molecule has 1 rings (SSSR count). The third-order valence-electron chi connectivity index (χ3n) is 1.74. The fourth-order valence-corrected chi connectivity index (χ4v) is 1.38. The van der Waals surface area contributed by atoms with Crippen LogP contribution in [-0.4, -0.2) is 11.2 Å². The van der Waals surface area contributed by atoms with E-state index in [0.29, 0.717) is 11.3 Å². The normalized spacial score (nSPS) is 11.6. The second kappa shape index (κ2) is 5.19. The summed E-state index contributed by atoms with van der Waals surface area (Å²) in [5, 5.41) is 11.1. The van der Waals surface area contributed by atoms with Crippen LogP contribution in [0.15, 0.2) is 22.7 Å². The lowest BCUT2D eigenvalue weighted by atomic mass is 10.2. The van der Waals surface area contributed by atoms with E-state index in [2.05, 4.69) is 33.9 Å². The van der Waals surface area contributed by atoms with Crippen molar-refractivity contribution in [2.24, 2.45) is 0 Å². The van der Waals surface area contributed by atoms with Gasteiger partial charge in [-0.2, -0.15) is 17.9 Å². The van der Waals surface area contributed by atoms with Crippen LogP contribution in [0, 0.1) is 11.3 Å². The zero-order chi connectivity index (χ0) is 11.4. The van der Waals surface area contributed by atoms with Gasteiger partial charge < -0.3 is 5.32 Å². The number of nitrogens with zero attached hydrogens (tertiary/aromatic N) is 1. The largest absolute Gasteiger partial charge is 0.324 e. The predicted molar refractivity (Wildman–Crippen MR) is 65.9 cm³/mol. The summed E-state index contributed by atoms with van der Waals surface area (Å²) in [7, 11) is 0. The van der Waals surface area contributed by atoms with Crippen molar-refractivity contribution in [2.45, 2.75) is 12.2 Å². The summed E-state index contributed by atoms with van der Waals surface area (Å²) in [6.45, 7) is 1.67. The average molecular weight is 285 g/mol. The summed E-state index contributed by atoms with van der Waals surface area (Å²) in [6.07, 6.45) is 0. The SMILES string of the molecule is CC(S)C(=O)Nc1cc(Br)ccc1C#N. The maximum Gasteiger partial charge on any atom is 0.236 e. The van der Waals surface area contributed by atoms with E-state index in [-0.39, 0.29) is 5.91 Å². The van der Waals surface area contributed by atoms with Crippen molar-refractivity contribution in [1.82, 2.24) is 0 Å². The lowest BCUT2D eigenvalue weighted by Gasteiger charge is -2.08. The Labute approximate surface area is 102 Å². The fourth-order valence-electron chi connectivity index (χ4n) is 0.955. The van der Waals surface area contributed by atoms with Crippen LogP contribution in [0.5, 0.6) is 0 Å². The molecule has 3 nitrogen and oxygen atoms in total. The van der Waals surface area contributed by atoms with Gasteiger partial charge in [-0.25, -0.2) is 0 Å². The van der Waals surface area contributed by atoms with E-state index in [0.717, 1.165) is 4.47 Å². The molecule has 0 aliphatic carbocycles. The van der Waals surface area contributed by atoms with Gasteiger partial charge in [-0.15, -0.1) is 0 Å². The van der Waals surface area contributed by atoms with Gasteiger partial charge in [0.1, 0.15) is 6.07 Å². The summed E-state index contributed by atoms with van der Waals surface area (Å²) in [5.41, 5.74) is 0.929. The lowest BCUT2D eigenvalue weighted by Crippen LogP contribution is -2.20. The van der Waals surface area contributed by atoms with Gasteiger partial charge in [-0.3, -0.25) is 4.79 Å². The number of carbonyl (C=O) groups is 1. The van der Waals surface area contributed by atoms with E-state index in [9.17, 15) is 4.79 Å². The third kappa shape index (κ3) is 3.26. The Kier molecular flexibility index (Phi) is 4.18. The Morgan fingerprint density at radius 3 is 2.87 bits per heavy atom. The molecule has 0 bridgehead atoms. The molecule has 0 aromatic heterocycles. The van der Waals surface area contributed by atoms with Crippen molar-refractivity contribution in [2.75, 3.05) is 5.32 Å². The first-order valence-corrected chi connectivity index (χ1v) is 5.54. The standard InChI is InChI=1S/C10H9BrN2OS/c1-6(15)10(14)13-9-4-8(11)3-2-7(9)5-12/h2-4,6,15H,1H3,(H,13,14). The Bertz CT molecular complexity index is 426. The Morgan fingerprint density at radius 2 is 2.33 bits per heavy atom. The van der Waals surface area contributed by atoms with Gasteiger partial charge in [-0.05, 0) is 25.1 Å². The molecule has 1 N–H and O–H groups in total. The number of halogens is 1. The monoisotopic (exact) mass is 284 g/mol. The minimum absolute atomic E-state index is 0.229. The van der Waals surface area contributed by atoms with Gasteiger partial charge in [0.05, 0.1) is 16.5 Å². The number of rotatable bonds is 2. The minimum Gasteiger partial charge on any atom is -0.324 e. The molecule has 78 valence electrons. The molecular formula is C10H9BrN2OS. The van der Waals surface area contributed by atoms with Gasteiger partial charge in [0.2, 0.25) is 5.91 Å². The molecule has 0 saturated carbocycles. The molecule has 5 heteroatoms. The summed E-state index contributed by atoms with van der Waals surface area (Å²) < 4.78 is 0.809. The lowest BCUT2D eigenvalue weighted by molar-refractivity contribution is -0.115. The van der Waals surface area contributed by atoms with E-state index in [1.165, 1.54) is 0 Å². The summed E-state index contributed by atoms with van der Waals surface area (Å²) >= 11 is 7.28. The number of amides is 1. The van der Waals surface area contributed by atoms with Crippen LogP contribution in [0.1, 0.15) is 12.5 Å². The van der Waals surface area contributed by atoms with Gasteiger partial charge in [0.15, 0.2) is 0 Å². The average Bonchev–Trinajstić information content (AvgIpc) is 2.18. The smallest absolute Gasteiger partial charge is 0.236 e. The molecule has 0 fully saturated rings. The molecule has 0 radical (unpaired) electrons. The van der Waals surface area contributed by atoms with Gasteiger partial charge in [0.25, 0.3) is 0 Å². The highest BCUT2D eigenvalue weighted by molar-refractivity contribution is 9.10. The highest BCUT2D eigenvalue weighted by Gasteiger charge is 2.10. The zero-order valence-corrected chi connectivity index (χ0v) is 10.5. The number of anilines is 1. The Balaban J connectivity index is 2.98. The molecule has 1 aromatic rings. The van der Waals surface area contributed by atoms with Gasteiger partial charge >= 0.3 is 0 Å². The maximum atomic E-state index is 11.4. The molecule has 1 atom stereocenters. The van der Waals surface area contributed by atoms with E-state index in [1.807, 2.05) is 6.07 Å². The minimum atomic E-state index is -0.407. The second-order valence-electron chi connectivity index (χ2n) is 2.97. The highest BCUT2D eigenvalue weighted by Crippen LogP contribution is 2.21. The Hall–Kier alpha value is -0.990. The van der Waals surface area contributed by atoms with E-state index in [4.69, 9.17) is 5.26 Å². The number of hydrogen-bond donors (Lipinski definition) is 2. The van der Waals surface area contributed by atoms with Crippen LogP contribution < -0.4 is 5.32 Å². The number of carbonyl (C=O) groups excluding carboxylic acids is 1. The summed E-state index contributed by atoms with van der Waals surface area (Å²) in [5.74, 6) is -0.229. The van der Waals surface area contributed by atoms with Crippen molar-refractivity contribution < 1.29 is 4.79 Å². The van der Waals surface area contributed by atoms with E-state index in [1.54, 1.807) is 25.1 Å². The van der Waals surface area contributed by atoms with Gasteiger partial charge in [0, 0.05) is 4.47 Å². The molecule has 1 aromatic carbocycles. The predicted octanol–water partition coefficient (Wildman–Crippen LogP) is 2.58. The number of nitrogens with one attached hydrogen (secondary N) is 1.